The van der Waals surface area contributed by atoms with Crippen molar-refractivity contribution in [2.24, 2.45) is 5.92 Å². The van der Waals surface area contributed by atoms with Gasteiger partial charge in [-0.3, -0.25) is 9.69 Å². The molecule has 25 heavy (non-hydrogen) atoms. The smallest absolute Gasteiger partial charge is 0.254 e. The van der Waals surface area contributed by atoms with Crippen LogP contribution in [0, 0.1) is 11.7 Å². The molecule has 3 rings (SSSR count). The van der Waals surface area contributed by atoms with Gasteiger partial charge in [0.1, 0.15) is 5.82 Å². The molecule has 0 bridgehead atoms. The summed E-state index contributed by atoms with van der Waals surface area (Å²) >= 11 is 5.74. The fourth-order valence-electron chi connectivity index (χ4n) is 3.33. The second kappa shape index (κ2) is 7.98. The van der Waals surface area contributed by atoms with E-state index in [9.17, 15) is 9.18 Å². The molecule has 0 aromatic heterocycles. The van der Waals surface area contributed by atoms with E-state index in [1.165, 1.54) is 17.7 Å². The van der Waals surface area contributed by atoms with Crippen LogP contribution in [-0.2, 0) is 6.54 Å². The molecule has 132 valence electrons. The number of benzene rings is 2. The van der Waals surface area contributed by atoms with E-state index in [1.807, 2.05) is 25.1 Å². The molecular weight excluding hydrogens is 339 g/mol. The summed E-state index contributed by atoms with van der Waals surface area (Å²) in [4.78, 5) is 14.7. The molecule has 3 nitrogen and oxygen atoms in total. The first-order valence-corrected chi connectivity index (χ1v) is 8.93. The topological polar surface area (TPSA) is 32.3 Å². The van der Waals surface area contributed by atoms with Crippen LogP contribution in [-0.4, -0.2) is 29.9 Å². The van der Waals surface area contributed by atoms with Crippen molar-refractivity contribution in [3.8, 4) is 0 Å². The first-order valence-electron chi connectivity index (χ1n) is 8.55. The van der Waals surface area contributed by atoms with Crippen molar-refractivity contribution >= 4 is 17.5 Å². The van der Waals surface area contributed by atoms with Gasteiger partial charge in [-0.2, -0.15) is 0 Å². The van der Waals surface area contributed by atoms with Gasteiger partial charge in [0.15, 0.2) is 0 Å². The van der Waals surface area contributed by atoms with Crippen LogP contribution in [0.15, 0.2) is 48.5 Å². The van der Waals surface area contributed by atoms with E-state index in [1.54, 1.807) is 0 Å². The molecule has 0 unspecified atom stereocenters. The lowest BCUT2D eigenvalue weighted by Crippen LogP contribution is -2.39. The van der Waals surface area contributed by atoms with Gasteiger partial charge >= 0.3 is 0 Å². The molecule has 1 N–H and O–H groups in total. The fraction of sp³-hybridized carbons (Fsp3) is 0.350. The molecule has 0 radical (unpaired) electrons. The Kier molecular flexibility index (Phi) is 5.71. The number of carbonyl (C=O) groups excluding carboxylic acids is 1. The van der Waals surface area contributed by atoms with E-state index in [0.29, 0.717) is 5.92 Å². The van der Waals surface area contributed by atoms with E-state index in [2.05, 4.69) is 22.3 Å². The Labute approximate surface area is 152 Å². The van der Waals surface area contributed by atoms with Gasteiger partial charge < -0.3 is 5.32 Å². The molecule has 1 aliphatic heterocycles. The third-order valence-corrected chi connectivity index (χ3v) is 5.03. The normalized spacial score (nSPS) is 18.9. The quantitative estimate of drug-likeness (QED) is 0.869. The Morgan fingerprint density at radius 3 is 2.80 bits per heavy atom. The minimum absolute atomic E-state index is 0.0108. The van der Waals surface area contributed by atoms with Crippen molar-refractivity contribution in [2.75, 3.05) is 13.1 Å². The van der Waals surface area contributed by atoms with Crippen molar-refractivity contribution in [3.63, 3.8) is 0 Å². The summed E-state index contributed by atoms with van der Waals surface area (Å²) in [5.74, 6) is -0.611. The van der Waals surface area contributed by atoms with Gasteiger partial charge in [0.2, 0.25) is 0 Å². The van der Waals surface area contributed by atoms with Crippen molar-refractivity contribution in [1.82, 2.24) is 10.2 Å². The first kappa shape index (κ1) is 17.9. The minimum Gasteiger partial charge on any atom is -0.349 e. The van der Waals surface area contributed by atoms with E-state index in [0.717, 1.165) is 32.1 Å². The zero-order valence-corrected chi connectivity index (χ0v) is 15.0. The highest BCUT2D eigenvalue weighted by molar-refractivity contribution is 6.30. The SMILES string of the molecule is C[C@H](NC(=O)c1ccc(Cl)cc1F)[C@@H]1CCN(Cc2ccccc2)C1. The minimum atomic E-state index is -0.589. The standard InChI is InChI=1S/C20H22ClFN2O/c1-14(23-20(25)18-8-7-17(21)11-19(18)22)16-9-10-24(13-16)12-15-5-3-2-4-6-15/h2-8,11,14,16H,9-10,12-13H2,1H3,(H,23,25)/t14-,16+/m0/s1. The zero-order chi connectivity index (χ0) is 17.8. The van der Waals surface area contributed by atoms with E-state index < -0.39 is 5.82 Å². The number of hydrogen-bond donors (Lipinski definition) is 1. The second-order valence-electron chi connectivity index (χ2n) is 6.66. The van der Waals surface area contributed by atoms with Crippen molar-refractivity contribution in [3.05, 3.63) is 70.5 Å². The Bertz CT molecular complexity index is 738. The van der Waals surface area contributed by atoms with E-state index in [-0.39, 0.29) is 22.5 Å². The maximum Gasteiger partial charge on any atom is 0.254 e. The number of amides is 1. The molecule has 2 aromatic carbocycles. The monoisotopic (exact) mass is 360 g/mol. The molecule has 1 fully saturated rings. The maximum atomic E-state index is 13.9. The fourth-order valence-corrected chi connectivity index (χ4v) is 3.49. The summed E-state index contributed by atoms with van der Waals surface area (Å²) in [6, 6.07) is 14.5. The van der Waals surface area contributed by atoms with Crippen LogP contribution in [0.3, 0.4) is 0 Å². The second-order valence-corrected chi connectivity index (χ2v) is 7.09. The number of rotatable bonds is 5. The van der Waals surface area contributed by atoms with Gasteiger partial charge in [-0.25, -0.2) is 4.39 Å². The Hall–Kier alpha value is -1.91. The molecule has 1 aliphatic rings. The number of nitrogens with one attached hydrogen (secondary N) is 1. The molecule has 1 amide bonds. The van der Waals surface area contributed by atoms with Crippen LogP contribution in [0.4, 0.5) is 4.39 Å². The predicted octanol–water partition coefficient (Wildman–Crippen LogP) is 4.12. The van der Waals surface area contributed by atoms with Gasteiger partial charge in [0.25, 0.3) is 5.91 Å². The van der Waals surface area contributed by atoms with Gasteiger partial charge in [0.05, 0.1) is 5.56 Å². The largest absolute Gasteiger partial charge is 0.349 e. The lowest BCUT2D eigenvalue weighted by Gasteiger charge is -2.22. The van der Waals surface area contributed by atoms with Gasteiger partial charge in [-0.15, -0.1) is 0 Å². The lowest BCUT2D eigenvalue weighted by molar-refractivity contribution is 0.0923. The molecule has 0 aliphatic carbocycles. The van der Waals surface area contributed by atoms with Crippen LogP contribution in [0.1, 0.15) is 29.3 Å². The van der Waals surface area contributed by atoms with Crippen molar-refractivity contribution in [1.29, 1.82) is 0 Å². The highest BCUT2D eigenvalue weighted by Crippen LogP contribution is 2.22. The first-order chi connectivity index (χ1) is 12.0. The van der Waals surface area contributed by atoms with Gasteiger partial charge in [-0.1, -0.05) is 41.9 Å². The number of hydrogen-bond acceptors (Lipinski definition) is 2. The molecule has 2 aromatic rings. The highest BCUT2D eigenvalue weighted by atomic mass is 35.5. The number of carbonyl (C=O) groups is 1. The molecule has 1 heterocycles. The van der Waals surface area contributed by atoms with Gasteiger partial charge in [-0.05, 0) is 49.6 Å². The summed E-state index contributed by atoms with van der Waals surface area (Å²) in [6.07, 6.45) is 1.03. The summed E-state index contributed by atoms with van der Waals surface area (Å²) in [6.45, 7) is 4.85. The Balaban J connectivity index is 1.55. The number of nitrogens with zero attached hydrogens (tertiary/aromatic N) is 1. The van der Waals surface area contributed by atoms with Crippen LogP contribution >= 0.6 is 11.6 Å². The maximum absolute atomic E-state index is 13.9. The third kappa shape index (κ3) is 4.59. The summed E-state index contributed by atoms with van der Waals surface area (Å²) in [5.41, 5.74) is 1.33. The third-order valence-electron chi connectivity index (χ3n) is 4.80. The molecule has 0 saturated carbocycles. The van der Waals surface area contributed by atoms with Gasteiger partial charge in [0, 0.05) is 24.2 Å². The highest BCUT2D eigenvalue weighted by Gasteiger charge is 2.28. The van der Waals surface area contributed by atoms with Crippen LogP contribution in [0.2, 0.25) is 5.02 Å². The number of halogens is 2. The van der Waals surface area contributed by atoms with Crippen molar-refractivity contribution in [2.45, 2.75) is 25.9 Å². The zero-order valence-electron chi connectivity index (χ0n) is 14.2. The average Bonchev–Trinajstić information content (AvgIpc) is 3.04. The molecule has 5 heteroatoms. The van der Waals surface area contributed by atoms with E-state index >= 15 is 0 Å². The average molecular weight is 361 g/mol. The Morgan fingerprint density at radius 2 is 2.08 bits per heavy atom. The van der Waals surface area contributed by atoms with Crippen LogP contribution in [0.25, 0.3) is 0 Å². The summed E-state index contributed by atoms with van der Waals surface area (Å²) in [7, 11) is 0. The molecule has 1 saturated heterocycles. The predicted molar refractivity (Wildman–Crippen MR) is 98.2 cm³/mol. The molecular formula is C20H22ClFN2O. The van der Waals surface area contributed by atoms with Crippen molar-refractivity contribution < 1.29 is 9.18 Å². The molecule has 0 spiro atoms. The summed E-state index contributed by atoms with van der Waals surface area (Å²) < 4.78 is 13.9. The lowest BCUT2D eigenvalue weighted by atomic mass is 10.00. The van der Waals surface area contributed by atoms with Crippen LogP contribution in [0.5, 0.6) is 0 Å². The summed E-state index contributed by atoms with van der Waals surface area (Å²) in [5, 5.41) is 3.22. The van der Waals surface area contributed by atoms with Crippen LogP contribution < -0.4 is 5.32 Å². The number of likely N-dealkylation sites (tertiary alicyclic amines) is 1. The van der Waals surface area contributed by atoms with E-state index in [4.69, 9.17) is 11.6 Å². The molecule has 2 atom stereocenters. The Morgan fingerprint density at radius 1 is 1.32 bits per heavy atom.